The van der Waals surface area contributed by atoms with Crippen molar-refractivity contribution in [3.05, 3.63) is 28.9 Å². The molecule has 2 aromatic heterocycles. The minimum atomic E-state index is 0.760. The van der Waals surface area contributed by atoms with Gasteiger partial charge in [-0.1, -0.05) is 17.4 Å². The first-order chi connectivity index (χ1) is 8.81. The number of nitrogens with one attached hydrogen (secondary N) is 1. The lowest BCUT2D eigenvalue weighted by Gasteiger charge is -1.98. The Bertz CT molecular complexity index is 533. The summed E-state index contributed by atoms with van der Waals surface area (Å²) in [6.07, 6.45) is 3.61. The van der Waals surface area contributed by atoms with E-state index in [1.807, 2.05) is 25.1 Å². The number of pyridine rings is 1. The molecule has 0 saturated heterocycles. The first-order valence-corrected chi connectivity index (χ1v) is 7.13. The molecule has 1 saturated carbocycles. The van der Waals surface area contributed by atoms with E-state index in [0.29, 0.717) is 0 Å². The van der Waals surface area contributed by atoms with Crippen molar-refractivity contribution in [3.63, 3.8) is 0 Å². The molecular weight excluding hydrogens is 244 g/mol. The molecule has 94 valence electrons. The molecule has 0 amide bonds. The van der Waals surface area contributed by atoms with Gasteiger partial charge in [-0.15, -0.1) is 10.2 Å². The van der Waals surface area contributed by atoms with E-state index in [-0.39, 0.29) is 0 Å². The second-order valence-corrected chi connectivity index (χ2v) is 5.71. The van der Waals surface area contributed by atoms with E-state index in [1.165, 1.54) is 12.8 Å². The highest BCUT2D eigenvalue weighted by Crippen LogP contribution is 2.22. The van der Waals surface area contributed by atoms with Crippen LogP contribution in [0.25, 0.3) is 10.7 Å². The summed E-state index contributed by atoms with van der Waals surface area (Å²) in [5.41, 5.74) is 1.94. The van der Waals surface area contributed by atoms with E-state index in [1.54, 1.807) is 11.3 Å². The molecule has 0 atom stereocenters. The summed E-state index contributed by atoms with van der Waals surface area (Å²) in [6, 6.07) is 6.74. The molecule has 3 rings (SSSR count). The SMILES string of the molecule is Cc1cccc(-c2nnc(CCNC3CC3)s2)n1. The molecule has 0 aromatic carbocycles. The van der Waals surface area contributed by atoms with Crippen molar-refractivity contribution >= 4 is 11.3 Å². The van der Waals surface area contributed by atoms with Crippen LogP contribution in [0.3, 0.4) is 0 Å². The van der Waals surface area contributed by atoms with Crippen LogP contribution in [0, 0.1) is 6.92 Å². The quantitative estimate of drug-likeness (QED) is 0.895. The summed E-state index contributed by atoms with van der Waals surface area (Å²) in [5, 5.41) is 13.9. The maximum atomic E-state index is 4.47. The van der Waals surface area contributed by atoms with E-state index in [0.717, 1.165) is 40.4 Å². The van der Waals surface area contributed by atoms with E-state index in [4.69, 9.17) is 0 Å². The fourth-order valence-electron chi connectivity index (χ4n) is 1.79. The van der Waals surface area contributed by atoms with Gasteiger partial charge >= 0.3 is 0 Å². The smallest absolute Gasteiger partial charge is 0.166 e. The largest absolute Gasteiger partial charge is 0.314 e. The molecule has 0 bridgehead atoms. The van der Waals surface area contributed by atoms with Crippen molar-refractivity contribution in [2.45, 2.75) is 32.2 Å². The Morgan fingerprint density at radius 2 is 2.22 bits per heavy atom. The number of aromatic nitrogens is 3. The van der Waals surface area contributed by atoms with Crippen LogP contribution in [0.4, 0.5) is 0 Å². The number of nitrogens with zero attached hydrogens (tertiary/aromatic N) is 3. The van der Waals surface area contributed by atoms with Gasteiger partial charge in [-0.3, -0.25) is 4.98 Å². The Hall–Kier alpha value is -1.33. The van der Waals surface area contributed by atoms with E-state index >= 15 is 0 Å². The Balaban J connectivity index is 1.64. The summed E-state index contributed by atoms with van der Waals surface area (Å²) in [6.45, 7) is 2.99. The zero-order chi connectivity index (χ0) is 12.4. The van der Waals surface area contributed by atoms with Crippen molar-refractivity contribution in [2.75, 3.05) is 6.54 Å². The fraction of sp³-hybridized carbons (Fsp3) is 0.462. The Labute approximate surface area is 110 Å². The van der Waals surface area contributed by atoms with Crippen LogP contribution in [0.5, 0.6) is 0 Å². The lowest BCUT2D eigenvalue weighted by atomic mass is 10.3. The number of hydrogen-bond donors (Lipinski definition) is 1. The summed E-state index contributed by atoms with van der Waals surface area (Å²) < 4.78 is 0. The summed E-state index contributed by atoms with van der Waals surface area (Å²) in [5.74, 6) is 0. The summed E-state index contributed by atoms with van der Waals surface area (Å²) >= 11 is 1.64. The molecule has 1 fully saturated rings. The molecular formula is C13H16N4S. The Kier molecular flexibility index (Phi) is 3.34. The second kappa shape index (κ2) is 5.12. The zero-order valence-corrected chi connectivity index (χ0v) is 11.2. The van der Waals surface area contributed by atoms with Gasteiger partial charge in [-0.2, -0.15) is 0 Å². The van der Waals surface area contributed by atoms with Gasteiger partial charge in [0.1, 0.15) is 10.7 Å². The lowest BCUT2D eigenvalue weighted by molar-refractivity contribution is 0.677. The maximum absolute atomic E-state index is 4.47. The van der Waals surface area contributed by atoms with Crippen molar-refractivity contribution in [3.8, 4) is 10.7 Å². The van der Waals surface area contributed by atoms with Gasteiger partial charge in [0.2, 0.25) is 0 Å². The Morgan fingerprint density at radius 3 is 3.00 bits per heavy atom. The molecule has 2 heterocycles. The number of rotatable bonds is 5. The predicted octanol–water partition coefficient (Wildman–Crippen LogP) is 2.20. The molecule has 0 radical (unpaired) electrons. The van der Waals surface area contributed by atoms with Gasteiger partial charge in [-0.25, -0.2) is 0 Å². The first-order valence-electron chi connectivity index (χ1n) is 6.31. The van der Waals surface area contributed by atoms with Gasteiger partial charge in [0.15, 0.2) is 5.01 Å². The fourth-order valence-corrected chi connectivity index (χ4v) is 2.60. The highest BCUT2D eigenvalue weighted by molar-refractivity contribution is 7.14. The third-order valence-corrected chi connectivity index (χ3v) is 3.93. The molecule has 1 N–H and O–H groups in total. The predicted molar refractivity (Wildman–Crippen MR) is 72.6 cm³/mol. The molecule has 5 heteroatoms. The van der Waals surface area contributed by atoms with Gasteiger partial charge in [0.25, 0.3) is 0 Å². The maximum Gasteiger partial charge on any atom is 0.166 e. The Morgan fingerprint density at radius 1 is 1.33 bits per heavy atom. The normalized spacial score (nSPS) is 14.9. The number of aryl methyl sites for hydroxylation is 1. The molecule has 18 heavy (non-hydrogen) atoms. The van der Waals surface area contributed by atoms with Crippen molar-refractivity contribution in [1.29, 1.82) is 0 Å². The van der Waals surface area contributed by atoms with Crippen LogP contribution >= 0.6 is 11.3 Å². The van der Waals surface area contributed by atoms with Crippen LogP contribution < -0.4 is 5.32 Å². The third kappa shape index (κ3) is 2.91. The average Bonchev–Trinajstić information content (AvgIpc) is 3.06. The van der Waals surface area contributed by atoms with Crippen LogP contribution in [-0.2, 0) is 6.42 Å². The van der Waals surface area contributed by atoms with Gasteiger partial charge < -0.3 is 5.32 Å². The second-order valence-electron chi connectivity index (χ2n) is 4.64. The van der Waals surface area contributed by atoms with Gasteiger partial charge in [-0.05, 0) is 31.9 Å². The summed E-state index contributed by atoms with van der Waals surface area (Å²) in [7, 11) is 0. The third-order valence-electron chi connectivity index (χ3n) is 2.92. The molecule has 1 aliphatic rings. The van der Waals surface area contributed by atoms with Crippen LogP contribution in [0.2, 0.25) is 0 Å². The van der Waals surface area contributed by atoms with Crippen molar-refractivity contribution < 1.29 is 0 Å². The van der Waals surface area contributed by atoms with Crippen LogP contribution in [-0.4, -0.2) is 27.8 Å². The van der Waals surface area contributed by atoms with Crippen LogP contribution in [0.1, 0.15) is 23.5 Å². The molecule has 0 spiro atoms. The molecule has 1 aliphatic carbocycles. The van der Waals surface area contributed by atoms with Crippen LogP contribution in [0.15, 0.2) is 18.2 Å². The molecule has 4 nitrogen and oxygen atoms in total. The minimum Gasteiger partial charge on any atom is -0.314 e. The van der Waals surface area contributed by atoms with E-state index < -0.39 is 0 Å². The lowest BCUT2D eigenvalue weighted by Crippen LogP contribution is -2.19. The molecule has 2 aromatic rings. The molecule has 0 unspecified atom stereocenters. The first kappa shape index (κ1) is 11.7. The van der Waals surface area contributed by atoms with Gasteiger partial charge in [0.05, 0.1) is 0 Å². The minimum absolute atomic E-state index is 0.760. The van der Waals surface area contributed by atoms with E-state index in [9.17, 15) is 0 Å². The molecule has 0 aliphatic heterocycles. The highest BCUT2D eigenvalue weighted by atomic mass is 32.1. The van der Waals surface area contributed by atoms with Crippen molar-refractivity contribution in [1.82, 2.24) is 20.5 Å². The topological polar surface area (TPSA) is 50.7 Å². The zero-order valence-electron chi connectivity index (χ0n) is 10.4. The van der Waals surface area contributed by atoms with Crippen molar-refractivity contribution in [2.24, 2.45) is 0 Å². The van der Waals surface area contributed by atoms with E-state index in [2.05, 4.69) is 20.5 Å². The monoisotopic (exact) mass is 260 g/mol. The average molecular weight is 260 g/mol. The highest BCUT2D eigenvalue weighted by Gasteiger charge is 2.19. The van der Waals surface area contributed by atoms with Gasteiger partial charge in [0, 0.05) is 24.7 Å². The summed E-state index contributed by atoms with van der Waals surface area (Å²) in [4.78, 5) is 4.47. The number of hydrogen-bond acceptors (Lipinski definition) is 5. The standard InChI is InChI=1S/C13H16N4S/c1-9-3-2-4-11(15-9)13-17-16-12(18-13)7-8-14-10-5-6-10/h2-4,10,14H,5-8H2,1H3.